The summed E-state index contributed by atoms with van der Waals surface area (Å²) in [7, 11) is 1.71. The van der Waals surface area contributed by atoms with Crippen LogP contribution in [-0.2, 0) is 4.79 Å². The molecule has 0 aromatic carbocycles. The fourth-order valence-corrected chi connectivity index (χ4v) is 1.90. The topological polar surface area (TPSA) is 59.2 Å². The van der Waals surface area contributed by atoms with Crippen LogP contribution in [0.25, 0.3) is 5.57 Å². The molecular formula is C12H15N3O. The Morgan fingerprint density at radius 1 is 1.44 bits per heavy atom. The zero-order valence-electron chi connectivity index (χ0n) is 9.69. The molecule has 0 spiro atoms. The molecule has 0 bridgehead atoms. The number of likely N-dealkylation sites (N-methyl/N-ethyl adjacent to an activating group) is 1. The van der Waals surface area contributed by atoms with E-state index in [-0.39, 0.29) is 5.91 Å². The molecule has 0 aliphatic carbocycles. The number of nitrogens with zero attached hydrogens (tertiary/aromatic N) is 2. The summed E-state index contributed by atoms with van der Waals surface area (Å²) in [5.74, 6) is 0.562. The molecule has 2 rings (SSSR count). The maximum absolute atomic E-state index is 12.0. The van der Waals surface area contributed by atoms with Gasteiger partial charge in [0.25, 0.3) is 0 Å². The summed E-state index contributed by atoms with van der Waals surface area (Å²) < 4.78 is 0. The number of rotatable bonds is 0. The number of aromatic nitrogens is 1. The first kappa shape index (κ1) is 10.8. The van der Waals surface area contributed by atoms with Gasteiger partial charge in [0.15, 0.2) is 0 Å². The Labute approximate surface area is 94.8 Å². The van der Waals surface area contributed by atoms with Gasteiger partial charge in [0.05, 0.1) is 0 Å². The number of fused-ring (bicyclic) bond motifs is 1. The molecule has 0 saturated carbocycles. The summed E-state index contributed by atoms with van der Waals surface area (Å²) in [4.78, 5) is 17.8. The molecule has 2 N–H and O–H groups in total. The van der Waals surface area contributed by atoms with E-state index in [0.29, 0.717) is 5.82 Å². The van der Waals surface area contributed by atoms with Crippen LogP contribution in [0, 0.1) is 0 Å². The van der Waals surface area contributed by atoms with E-state index in [2.05, 4.69) is 4.98 Å². The summed E-state index contributed by atoms with van der Waals surface area (Å²) in [5, 5.41) is 0. The van der Waals surface area contributed by atoms with Crippen LogP contribution in [0.2, 0.25) is 0 Å². The van der Waals surface area contributed by atoms with Crippen LogP contribution in [-0.4, -0.2) is 24.0 Å². The Kier molecular flexibility index (Phi) is 2.52. The Balaban J connectivity index is 2.71. The minimum Gasteiger partial charge on any atom is -0.316 e. The third kappa shape index (κ3) is 1.42. The molecule has 1 aliphatic rings. The predicted molar refractivity (Wildman–Crippen MR) is 63.9 cm³/mol. The van der Waals surface area contributed by atoms with Gasteiger partial charge in [0.1, 0.15) is 11.9 Å². The van der Waals surface area contributed by atoms with Crippen LogP contribution in [0.3, 0.4) is 0 Å². The van der Waals surface area contributed by atoms with E-state index in [0.717, 1.165) is 16.7 Å². The third-order valence-electron chi connectivity index (χ3n) is 3.16. The van der Waals surface area contributed by atoms with Crippen molar-refractivity contribution < 1.29 is 4.79 Å². The highest BCUT2D eigenvalue weighted by Crippen LogP contribution is 2.30. The zero-order valence-corrected chi connectivity index (χ0v) is 9.69. The smallest absolute Gasteiger partial charge is 0.249 e. The van der Waals surface area contributed by atoms with Crippen LogP contribution in [0.5, 0.6) is 0 Å². The number of carbonyl (C=O) groups excluding carboxylic acids is 1. The second-order valence-electron chi connectivity index (χ2n) is 4.06. The van der Waals surface area contributed by atoms with Crippen molar-refractivity contribution >= 4 is 17.3 Å². The maximum Gasteiger partial charge on any atom is 0.249 e. The lowest BCUT2D eigenvalue weighted by Gasteiger charge is -2.18. The van der Waals surface area contributed by atoms with Crippen LogP contribution in [0.15, 0.2) is 23.9 Å². The summed E-state index contributed by atoms with van der Waals surface area (Å²) in [6.07, 6.45) is 1.68. The second kappa shape index (κ2) is 3.72. The summed E-state index contributed by atoms with van der Waals surface area (Å²) in [6.45, 7) is 3.87. The largest absolute Gasteiger partial charge is 0.316 e. The van der Waals surface area contributed by atoms with Crippen molar-refractivity contribution in [1.82, 2.24) is 4.98 Å². The number of nitrogens with two attached hydrogens (primary N) is 1. The molecule has 16 heavy (non-hydrogen) atoms. The first-order valence-electron chi connectivity index (χ1n) is 5.20. The third-order valence-corrected chi connectivity index (χ3v) is 3.16. The highest BCUT2D eigenvalue weighted by atomic mass is 16.2. The zero-order chi connectivity index (χ0) is 11.9. The van der Waals surface area contributed by atoms with Gasteiger partial charge in [-0.05, 0) is 37.1 Å². The van der Waals surface area contributed by atoms with Gasteiger partial charge in [-0.1, -0.05) is 0 Å². The van der Waals surface area contributed by atoms with E-state index in [1.807, 2.05) is 26.0 Å². The van der Waals surface area contributed by atoms with Gasteiger partial charge in [-0.25, -0.2) is 4.98 Å². The fourth-order valence-electron chi connectivity index (χ4n) is 1.90. The summed E-state index contributed by atoms with van der Waals surface area (Å²) >= 11 is 0. The average Bonchev–Trinajstić information content (AvgIpc) is 2.38. The van der Waals surface area contributed by atoms with Gasteiger partial charge in [-0.15, -0.1) is 0 Å². The number of carbonyl (C=O) groups is 1. The Bertz CT molecular complexity index is 479. The number of pyridine rings is 1. The van der Waals surface area contributed by atoms with E-state index >= 15 is 0 Å². The Morgan fingerprint density at radius 2 is 2.12 bits per heavy atom. The molecule has 4 nitrogen and oxygen atoms in total. The molecule has 1 aromatic heterocycles. The van der Waals surface area contributed by atoms with E-state index in [9.17, 15) is 4.79 Å². The first-order valence-corrected chi connectivity index (χ1v) is 5.20. The maximum atomic E-state index is 12.0. The van der Waals surface area contributed by atoms with Crippen molar-refractivity contribution in [2.75, 3.05) is 11.9 Å². The molecule has 2 heterocycles. The van der Waals surface area contributed by atoms with E-state index in [1.54, 1.807) is 13.2 Å². The standard InChI is InChI=1S/C12H15N3O/c1-7-8(2)10(13)12(16)15(3)11-9(7)5-4-6-14-11/h4-6,10H,13H2,1-3H3/t10-/m0/s1. The monoisotopic (exact) mass is 217 g/mol. The van der Waals surface area contributed by atoms with Gasteiger partial charge < -0.3 is 5.73 Å². The van der Waals surface area contributed by atoms with Crippen LogP contribution < -0.4 is 10.6 Å². The molecule has 1 aliphatic heterocycles. The van der Waals surface area contributed by atoms with E-state index < -0.39 is 6.04 Å². The van der Waals surface area contributed by atoms with Crippen molar-refractivity contribution in [1.29, 1.82) is 0 Å². The summed E-state index contributed by atoms with van der Waals surface area (Å²) in [5.41, 5.74) is 8.82. The quantitative estimate of drug-likeness (QED) is 0.710. The van der Waals surface area contributed by atoms with Gasteiger partial charge in [-0.3, -0.25) is 9.69 Å². The number of allylic oxidation sites excluding steroid dienone is 1. The van der Waals surface area contributed by atoms with Gasteiger partial charge >= 0.3 is 0 Å². The molecule has 84 valence electrons. The van der Waals surface area contributed by atoms with Crippen molar-refractivity contribution in [3.8, 4) is 0 Å². The number of amides is 1. The van der Waals surface area contributed by atoms with Gasteiger partial charge in [0.2, 0.25) is 5.91 Å². The summed E-state index contributed by atoms with van der Waals surface area (Å²) in [6, 6.07) is 3.26. The van der Waals surface area contributed by atoms with Crippen LogP contribution in [0.1, 0.15) is 19.4 Å². The van der Waals surface area contributed by atoms with Gasteiger partial charge in [0, 0.05) is 18.8 Å². The SMILES string of the molecule is CC1=C(C)[C@H](N)C(=O)N(C)c2ncccc21. The lowest BCUT2D eigenvalue weighted by molar-refractivity contribution is -0.118. The Hall–Kier alpha value is -1.68. The average molecular weight is 217 g/mol. The van der Waals surface area contributed by atoms with E-state index in [4.69, 9.17) is 5.73 Å². The minimum absolute atomic E-state index is 0.116. The highest BCUT2D eigenvalue weighted by Gasteiger charge is 2.28. The number of hydrogen-bond donors (Lipinski definition) is 1. The molecule has 4 heteroatoms. The van der Waals surface area contributed by atoms with Crippen molar-refractivity contribution in [2.24, 2.45) is 5.73 Å². The van der Waals surface area contributed by atoms with E-state index in [1.165, 1.54) is 4.90 Å². The van der Waals surface area contributed by atoms with Crippen molar-refractivity contribution in [3.05, 3.63) is 29.5 Å². The Morgan fingerprint density at radius 3 is 2.81 bits per heavy atom. The molecule has 0 fully saturated rings. The number of anilines is 1. The lowest BCUT2D eigenvalue weighted by Crippen LogP contribution is -2.42. The number of hydrogen-bond acceptors (Lipinski definition) is 3. The molecule has 1 amide bonds. The molecule has 1 atom stereocenters. The predicted octanol–water partition coefficient (Wildman–Crippen LogP) is 1.18. The van der Waals surface area contributed by atoms with Crippen LogP contribution in [0.4, 0.5) is 5.82 Å². The normalized spacial score (nSPS) is 20.9. The fraction of sp³-hybridized carbons (Fsp3) is 0.333. The molecule has 1 aromatic rings. The van der Waals surface area contributed by atoms with Gasteiger partial charge in [-0.2, -0.15) is 0 Å². The molecule has 0 unspecified atom stereocenters. The van der Waals surface area contributed by atoms with Crippen molar-refractivity contribution in [2.45, 2.75) is 19.9 Å². The highest BCUT2D eigenvalue weighted by molar-refractivity contribution is 6.03. The van der Waals surface area contributed by atoms with Crippen LogP contribution >= 0.6 is 0 Å². The minimum atomic E-state index is -0.570. The second-order valence-corrected chi connectivity index (χ2v) is 4.06. The van der Waals surface area contributed by atoms with Crippen molar-refractivity contribution in [3.63, 3.8) is 0 Å². The molecule has 0 saturated heterocycles. The molecular weight excluding hydrogens is 202 g/mol. The first-order chi connectivity index (χ1) is 7.54. The lowest BCUT2D eigenvalue weighted by atomic mass is 10.00. The molecule has 0 radical (unpaired) electrons.